The summed E-state index contributed by atoms with van der Waals surface area (Å²) in [4.78, 5) is 55.5. The molecule has 3 aromatic heterocycles. The first kappa shape index (κ1) is 34.0. The lowest BCUT2D eigenvalue weighted by Gasteiger charge is -2.39. The van der Waals surface area contributed by atoms with Crippen LogP contribution in [0, 0.1) is 6.92 Å². The number of hydrogen-bond acceptors (Lipinski definition) is 10. The molecule has 1 spiro atoms. The third-order valence-electron chi connectivity index (χ3n) is 9.22. The molecule has 1 saturated heterocycles. The third-order valence-corrected chi connectivity index (χ3v) is 11.2. The summed E-state index contributed by atoms with van der Waals surface area (Å²) in [5.74, 6) is -0.876. The molecule has 1 atom stereocenters. The van der Waals surface area contributed by atoms with Crippen LogP contribution >= 0.6 is 23.4 Å². The molecule has 1 unspecified atom stereocenters. The van der Waals surface area contributed by atoms with Gasteiger partial charge < -0.3 is 24.6 Å². The maximum absolute atomic E-state index is 14.4. The third kappa shape index (κ3) is 5.90. The minimum atomic E-state index is -4.61. The first-order valence-electron chi connectivity index (χ1n) is 15.7. The lowest BCUT2D eigenvalue weighted by molar-refractivity contribution is -0.137. The van der Waals surface area contributed by atoms with Gasteiger partial charge in [-0.1, -0.05) is 17.7 Å². The zero-order valence-corrected chi connectivity index (χ0v) is 28.3. The van der Waals surface area contributed by atoms with Crippen LogP contribution in [0.1, 0.15) is 70.3 Å². The zero-order chi connectivity index (χ0) is 35.5. The number of ether oxygens (including phenoxy) is 1. The van der Waals surface area contributed by atoms with Crippen LogP contribution in [0.3, 0.4) is 0 Å². The number of hydrogen-bond donors (Lipinski definition) is 2. The van der Waals surface area contributed by atoms with Crippen LogP contribution in [0.5, 0.6) is 5.75 Å². The van der Waals surface area contributed by atoms with E-state index in [4.69, 9.17) is 21.3 Å². The number of aromatic hydroxyl groups is 1. The lowest BCUT2D eigenvalue weighted by atomic mass is 9.87. The number of nitrogens with one attached hydrogen (secondary N) is 1. The van der Waals surface area contributed by atoms with Gasteiger partial charge in [0.1, 0.15) is 12.9 Å². The van der Waals surface area contributed by atoms with E-state index in [2.05, 4.69) is 20.4 Å². The molecule has 262 valence electrons. The zero-order valence-electron chi connectivity index (χ0n) is 26.8. The predicted molar refractivity (Wildman–Crippen MR) is 177 cm³/mol. The average molecular weight is 731 g/mol. The van der Waals surface area contributed by atoms with Gasteiger partial charge in [-0.2, -0.15) is 22.7 Å². The number of carbonyl (C=O) groups is 2. The summed E-state index contributed by atoms with van der Waals surface area (Å²) in [6.07, 6.45) is -0.240. The van der Waals surface area contributed by atoms with Gasteiger partial charge in [-0.15, -0.1) is 16.9 Å². The van der Waals surface area contributed by atoms with E-state index in [1.54, 1.807) is 28.2 Å². The van der Waals surface area contributed by atoms with Crippen LogP contribution in [-0.4, -0.2) is 77.3 Å². The van der Waals surface area contributed by atoms with Crippen LogP contribution in [0.2, 0.25) is 5.02 Å². The summed E-state index contributed by atoms with van der Waals surface area (Å²) in [5.41, 5.74) is 0.660. The Morgan fingerprint density at radius 3 is 2.66 bits per heavy atom. The number of aromatic nitrogens is 6. The number of amides is 2. The molecule has 0 radical (unpaired) electrons. The largest absolute Gasteiger partial charge is 0.504 e. The summed E-state index contributed by atoms with van der Waals surface area (Å²) in [6.45, 7) is 4.50. The second kappa shape index (κ2) is 12.7. The Hall–Kier alpha value is -4.48. The van der Waals surface area contributed by atoms with Crippen molar-refractivity contribution in [3.8, 4) is 5.75 Å². The van der Waals surface area contributed by atoms with Crippen LogP contribution in [-0.2, 0) is 27.0 Å². The first-order chi connectivity index (χ1) is 23.8. The van der Waals surface area contributed by atoms with Crippen molar-refractivity contribution in [3.05, 3.63) is 80.0 Å². The number of aryl methyl sites for hydroxylation is 1. The Labute approximate surface area is 291 Å². The van der Waals surface area contributed by atoms with E-state index < -0.39 is 28.3 Å². The van der Waals surface area contributed by atoms with Gasteiger partial charge in [0.2, 0.25) is 11.7 Å². The average Bonchev–Trinajstić information content (AvgIpc) is 3.65. The number of rotatable bonds is 5. The van der Waals surface area contributed by atoms with Crippen molar-refractivity contribution in [2.24, 2.45) is 0 Å². The number of anilines is 1. The number of nitrogens with zero attached hydrogens (tertiary/aromatic N) is 7. The fourth-order valence-electron chi connectivity index (χ4n) is 6.74. The number of carbonyl (C=O) groups excluding carboxylic acids is 2. The highest BCUT2D eigenvalue weighted by Crippen LogP contribution is 2.58. The summed E-state index contributed by atoms with van der Waals surface area (Å²) in [6, 6.07) is 2.66. The van der Waals surface area contributed by atoms with E-state index in [0.29, 0.717) is 49.6 Å². The molecule has 2 amide bonds. The minimum absolute atomic E-state index is 0.00579. The summed E-state index contributed by atoms with van der Waals surface area (Å²) < 4.78 is 47.2. The van der Waals surface area contributed by atoms with E-state index in [0.717, 1.165) is 23.8 Å². The second-order valence-electron chi connectivity index (χ2n) is 12.3. The lowest BCUT2D eigenvalue weighted by Crippen LogP contribution is -2.45. The number of fused-ring (bicyclic) bond motifs is 3. The van der Waals surface area contributed by atoms with Crippen molar-refractivity contribution in [2.75, 3.05) is 31.6 Å². The Morgan fingerprint density at radius 1 is 1.22 bits per heavy atom. The molecular formula is C32H30ClF3N8O5S. The molecular weight excluding hydrogens is 701 g/mol. The van der Waals surface area contributed by atoms with Gasteiger partial charge in [0.15, 0.2) is 17.3 Å². The fraction of sp³-hybridized carbons (Fsp3) is 0.406. The molecule has 0 aliphatic carbocycles. The van der Waals surface area contributed by atoms with Crippen molar-refractivity contribution in [2.45, 2.75) is 55.8 Å². The standard InChI is InChI=1S/C32H30ClF3N8O5S/c1-16-26(46)24(38-15-37-16)29(48)42-9-7-31(8-10-42)23-25(17(2)50-31)43(14-22(45)39-21-4-3-19(13-20(21)33)32(34,35)36)30-40-27(41-44(30)28(23)47)18-5-11-49-12-6-18/h3-5,13,15,17,46H,6-12,14H2,1-2H3,(H,39,45). The first-order valence-corrected chi connectivity index (χ1v) is 17.0. The van der Waals surface area contributed by atoms with Crippen LogP contribution < -0.4 is 10.9 Å². The quantitative estimate of drug-likeness (QED) is 0.294. The van der Waals surface area contributed by atoms with Gasteiger partial charge in [-0.05, 0) is 56.9 Å². The Bertz CT molecular complexity index is 2140. The number of likely N-dealkylation sites (tertiary alicyclic amines) is 1. The fourth-order valence-corrected chi connectivity index (χ4v) is 8.73. The molecule has 3 aliphatic rings. The highest BCUT2D eigenvalue weighted by Gasteiger charge is 2.50. The van der Waals surface area contributed by atoms with Crippen LogP contribution in [0.15, 0.2) is 35.4 Å². The topological polar surface area (TPSA) is 157 Å². The summed E-state index contributed by atoms with van der Waals surface area (Å²) in [7, 11) is 0. The van der Waals surface area contributed by atoms with Crippen molar-refractivity contribution in [3.63, 3.8) is 0 Å². The van der Waals surface area contributed by atoms with Gasteiger partial charge >= 0.3 is 6.18 Å². The minimum Gasteiger partial charge on any atom is -0.504 e. The molecule has 18 heteroatoms. The number of benzene rings is 1. The van der Waals surface area contributed by atoms with E-state index in [1.165, 1.54) is 10.8 Å². The molecule has 3 aliphatic heterocycles. The van der Waals surface area contributed by atoms with Gasteiger partial charge in [0.05, 0.1) is 45.5 Å². The molecule has 1 aromatic carbocycles. The van der Waals surface area contributed by atoms with E-state index in [1.807, 2.05) is 13.0 Å². The van der Waals surface area contributed by atoms with Gasteiger partial charge in [0.25, 0.3) is 11.5 Å². The predicted octanol–water partition coefficient (Wildman–Crippen LogP) is 4.75. The van der Waals surface area contributed by atoms with Crippen LogP contribution in [0.25, 0.3) is 11.4 Å². The van der Waals surface area contributed by atoms with Crippen molar-refractivity contribution in [1.29, 1.82) is 0 Å². The van der Waals surface area contributed by atoms with Crippen molar-refractivity contribution < 1.29 is 32.6 Å². The Morgan fingerprint density at radius 2 is 1.98 bits per heavy atom. The van der Waals surface area contributed by atoms with Crippen molar-refractivity contribution in [1.82, 2.24) is 34.0 Å². The SMILES string of the molecule is Cc1ncnc(C(=O)N2CCC3(CC2)SC(C)c2c3c(=O)n3nc(C4=CCOCC4)nc3n2CC(=O)Nc2ccc(C(F)(F)F)cc2Cl)c1O. The van der Waals surface area contributed by atoms with Crippen LogP contribution in [0.4, 0.5) is 18.9 Å². The molecule has 50 heavy (non-hydrogen) atoms. The second-order valence-corrected chi connectivity index (χ2v) is 14.4. The number of thioether (sulfide) groups is 1. The summed E-state index contributed by atoms with van der Waals surface area (Å²) in [5, 5.41) is 17.0. The van der Waals surface area contributed by atoms with E-state index in [9.17, 15) is 32.7 Å². The number of halogens is 4. The maximum atomic E-state index is 14.4. The van der Waals surface area contributed by atoms with Gasteiger partial charge in [-0.3, -0.25) is 14.4 Å². The molecule has 0 bridgehead atoms. The molecule has 6 heterocycles. The van der Waals surface area contributed by atoms with Gasteiger partial charge in [-0.25, -0.2) is 9.97 Å². The maximum Gasteiger partial charge on any atom is 0.416 e. The number of piperidine rings is 1. The molecule has 0 saturated carbocycles. The molecule has 2 N–H and O–H groups in total. The highest BCUT2D eigenvalue weighted by atomic mass is 35.5. The highest BCUT2D eigenvalue weighted by molar-refractivity contribution is 8.00. The molecule has 7 rings (SSSR count). The molecule has 1 fully saturated rings. The smallest absolute Gasteiger partial charge is 0.416 e. The van der Waals surface area contributed by atoms with E-state index in [-0.39, 0.29) is 64.1 Å². The summed E-state index contributed by atoms with van der Waals surface area (Å²) >= 11 is 7.69. The van der Waals surface area contributed by atoms with E-state index >= 15 is 0 Å². The monoisotopic (exact) mass is 730 g/mol. The van der Waals surface area contributed by atoms with Crippen molar-refractivity contribution >= 4 is 52.2 Å². The Balaban J connectivity index is 1.26. The molecule has 13 nitrogen and oxygen atoms in total. The van der Waals surface area contributed by atoms with Gasteiger partial charge in [0, 0.05) is 24.0 Å². The Kier molecular flexibility index (Phi) is 8.63. The normalized spacial score (nSPS) is 18.7. The molecule has 4 aromatic rings. The number of alkyl halides is 3.